The zero-order valence-corrected chi connectivity index (χ0v) is 15.6. The molecule has 0 N–H and O–H groups in total. The van der Waals surface area contributed by atoms with Crippen LogP contribution in [0.5, 0.6) is 0 Å². The lowest BCUT2D eigenvalue weighted by atomic mass is 10.0. The van der Waals surface area contributed by atoms with Crippen molar-refractivity contribution in [1.82, 2.24) is 24.3 Å². The lowest BCUT2D eigenvalue weighted by Gasteiger charge is -2.11. The molecule has 7 heteroatoms. The van der Waals surface area contributed by atoms with Gasteiger partial charge >= 0.3 is 0 Å². The Bertz CT molecular complexity index is 1440. The Labute approximate surface area is 164 Å². The fourth-order valence-corrected chi connectivity index (χ4v) is 3.53. The maximum Gasteiger partial charge on any atom is 0.269 e. The molecular weight excluding hydrogens is 369 g/mol. The minimum Gasteiger partial charge on any atom is -0.299 e. The second-order valence-corrected chi connectivity index (χ2v) is 6.93. The van der Waals surface area contributed by atoms with E-state index in [2.05, 4.69) is 15.1 Å². The summed E-state index contributed by atoms with van der Waals surface area (Å²) in [5.74, 6) is -0.366. The van der Waals surface area contributed by atoms with E-state index in [1.807, 2.05) is 37.5 Å². The SMILES string of the molecule is Cn1cc2cc(-c3ccc(Cn4c(=O)cnc5ccncc54)c(F)c3)ccc2n1. The molecule has 0 radical (unpaired) electrons. The largest absolute Gasteiger partial charge is 0.299 e. The fraction of sp³-hybridized carbons (Fsp3) is 0.0909. The first kappa shape index (κ1) is 17.2. The van der Waals surface area contributed by atoms with Gasteiger partial charge in [0.05, 0.1) is 35.5 Å². The van der Waals surface area contributed by atoms with Crippen LogP contribution >= 0.6 is 0 Å². The summed E-state index contributed by atoms with van der Waals surface area (Å²) in [7, 11) is 1.87. The van der Waals surface area contributed by atoms with Crippen LogP contribution in [0.3, 0.4) is 0 Å². The first-order valence-corrected chi connectivity index (χ1v) is 9.10. The van der Waals surface area contributed by atoms with Crippen molar-refractivity contribution in [3.05, 3.63) is 89.0 Å². The third-order valence-corrected chi connectivity index (χ3v) is 4.98. The molecule has 0 aliphatic heterocycles. The molecule has 0 atom stereocenters. The van der Waals surface area contributed by atoms with E-state index in [1.165, 1.54) is 16.8 Å². The monoisotopic (exact) mass is 385 g/mol. The minimum atomic E-state index is -0.366. The molecule has 0 amide bonds. The van der Waals surface area contributed by atoms with Crippen molar-refractivity contribution in [3.63, 3.8) is 0 Å². The van der Waals surface area contributed by atoms with Crippen LogP contribution in [0, 0.1) is 5.82 Å². The van der Waals surface area contributed by atoms with Gasteiger partial charge in [0, 0.05) is 30.4 Å². The highest BCUT2D eigenvalue weighted by atomic mass is 19.1. The molecular formula is C22H16FN5O. The van der Waals surface area contributed by atoms with Gasteiger partial charge in [-0.25, -0.2) is 9.37 Å². The van der Waals surface area contributed by atoms with Gasteiger partial charge in [-0.3, -0.25) is 19.0 Å². The molecule has 3 heterocycles. The summed E-state index contributed by atoms with van der Waals surface area (Å²) in [5.41, 5.74) is 3.92. The van der Waals surface area contributed by atoms with Gasteiger partial charge in [0.1, 0.15) is 5.82 Å². The predicted octanol–water partition coefficient (Wildman–Crippen LogP) is 3.53. The Balaban J connectivity index is 1.53. The van der Waals surface area contributed by atoms with E-state index < -0.39 is 0 Å². The van der Waals surface area contributed by atoms with Crippen molar-refractivity contribution >= 4 is 21.9 Å². The van der Waals surface area contributed by atoms with Gasteiger partial charge in [0.15, 0.2) is 0 Å². The summed E-state index contributed by atoms with van der Waals surface area (Å²) >= 11 is 0. The maximum absolute atomic E-state index is 14.9. The van der Waals surface area contributed by atoms with Crippen LogP contribution in [0.4, 0.5) is 4.39 Å². The third kappa shape index (κ3) is 3.06. The van der Waals surface area contributed by atoms with E-state index >= 15 is 0 Å². The number of pyridine rings is 1. The third-order valence-electron chi connectivity index (χ3n) is 4.98. The zero-order valence-electron chi connectivity index (χ0n) is 15.6. The van der Waals surface area contributed by atoms with Gasteiger partial charge < -0.3 is 0 Å². The highest BCUT2D eigenvalue weighted by molar-refractivity contribution is 5.84. The normalized spacial score (nSPS) is 11.4. The number of benzene rings is 2. The summed E-state index contributed by atoms with van der Waals surface area (Å²) in [6.45, 7) is 0.108. The summed E-state index contributed by atoms with van der Waals surface area (Å²) in [6.07, 6.45) is 6.36. The number of nitrogens with zero attached hydrogens (tertiary/aromatic N) is 5. The highest BCUT2D eigenvalue weighted by Gasteiger charge is 2.11. The lowest BCUT2D eigenvalue weighted by Crippen LogP contribution is -2.21. The van der Waals surface area contributed by atoms with Crippen LogP contribution in [0.2, 0.25) is 0 Å². The molecule has 0 saturated carbocycles. The second kappa shape index (κ2) is 6.63. The summed E-state index contributed by atoms with van der Waals surface area (Å²) in [5, 5.41) is 5.36. The molecule has 0 fully saturated rings. The Kier molecular flexibility index (Phi) is 3.94. The molecule has 0 bridgehead atoms. The number of rotatable bonds is 3. The van der Waals surface area contributed by atoms with E-state index in [9.17, 15) is 9.18 Å². The molecule has 29 heavy (non-hydrogen) atoms. The molecule has 3 aromatic heterocycles. The van der Waals surface area contributed by atoms with Crippen molar-refractivity contribution in [2.24, 2.45) is 7.05 Å². The van der Waals surface area contributed by atoms with E-state index in [0.717, 1.165) is 22.0 Å². The number of halogens is 1. The Morgan fingerprint density at radius 2 is 1.83 bits per heavy atom. The molecule has 0 spiro atoms. The van der Waals surface area contributed by atoms with Crippen molar-refractivity contribution in [2.45, 2.75) is 6.54 Å². The molecule has 0 aliphatic carbocycles. The smallest absolute Gasteiger partial charge is 0.269 e. The van der Waals surface area contributed by atoms with Crippen LogP contribution in [0.1, 0.15) is 5.56 Å². The lowest BCUT2D eigenvalue weighted by molar-refractivity contribution is 0.599. The van der Waals surface area contributed by atoms with Crippen LogP contribution < -0.4 is 5.56 Å². The van der Waals surface area contributed by atoms with Crippen molar-refractivity contribution in [1.29, 1.82) is 0 Å². The predicted molar refractivity (Wildman–Crippen MR) is 109 cm³/mol. The van der Waals surface area contributed by atoms with E-state index in [1.54, 1.807) is 29.2 Å². The minimum absolute atomic E-state index is 0.108. The van der Waals surface area contributed by atoms with Gasteiger partial charge in [0.2, 0.25) is 0 Å². The Hall–Kier alpha value is -3.87. The molecule has 0 unspecified atom stereocenters. The van der Waals surface area contributed by atoms with Crippen LogP contribution in [-0.2, 0) is 13.6 Å². The second-order valence-electron chi connectivity index (χ2n) is 6.93. The van der Waals surface area contributed by atoms with E-state index in [0.29, 0.717) is 16.6 Å². The maximum atomic E-state index is 14.9. The number of fused-ring (bicyclic) bond motifs is 2. The average molecular weight is 385 g/mol. The van der Waals surface area contributed by atoms with Crippen LogP contribution in [0.25, 0.3) is 33.1 Å². The Morgan fingerprint density at radius 1 is 1.00 bits per heavy atom. The summed E-state index contributed by atoms with van der Waals surface area (Å²) in [6, 6.07) is 12.6. The quantitative estimate of drug-likeness (QED) is 0.477. The van der Waals surface area contributed by atoms with Crippen molar-refractivity contribution in [2.75, 3.05) is 0 Å². The zero-order chi connectivity index (χ0) is 20.0. The van der Waals surface area contributed by atoms with Gasteiger partial charge in [-0.05, 0) is 35.4 Å². The van der Waals surface area contributed by atoms with Gasteiger partial charge in [-0.1, -0.05) is 18.2 Å². The molecule has 6 nitrogen and oxygen atoms in total. The Morgan fingerprint density at radius 3 is 2.69 bits per heavy atom. The molecule has 5 aromatic rings. The standard InChI is InChI=1S/C22H16FN5O/c1-27-12-17-8-14(4-5-19(17)26-27)15-2-3-16(18(23)9-15)13-28-21-10-24-7-6-20(21)25-11-22(28)29/h2-12H,13H2,1H3. The molecule has 0 saturated heterocycles. The fourth-order valence-electron chi connectivity index (χ4n) is 3.53. The first-order chi connectivity index (χ1) is 14.1. The number of hydrogen-bond donors (Lipinski definition) is 0. The van der Waals surface area contributed by atoms with E-state index in [-0.39, 0.29) is 17.9 Å². The average Bonchev–Trinajstić information content (AvgIpc) is 3.10. The first-order valence-electron chi connectivity index (χ1n) is 9.10. The number of aromatic nitrogens is 5. The van der Waals surface area contributed by atoms with Gasteiger partial charge in [-0.2, -0.15) is 5.10 Å². The van der Waals surface area contributed by atoms with Crippen LogP contribution in [0.15, 0.2) is 72.0 Å². The van der Waals surface area contributed by atoms with Crippen LogP contribution in [-0.4, -0.2) is 24.3 Å². The summed E-state index contributed by atoms with van der Waals surface area (Å²) in [4.78, 5) is 20.5. The molecule has 2 aromatic carbocycles. The van der Waals surface area contributed by atoms with E-state index in [4.69, 9.17) is 0 Å². The van der Waals surface area contributed by atoms with Crippen molar-refractivity contribution < 1.29 is 4.39 Å². The highest BCUT2D eigenvalue weighted by Crippen LogP contribution is 2.26. The van der Waals surface area contributed by atoms with Gasteiger partial charge in [0.25, 0.3) is 5.56 Å². The molecule has 142 valence electrons. The number of aryl methyl sites for hydroxylation is 1. The number of hydrogen-bond acceptors (Lipinski definition) is 4. The molecule has 5 rings (SSSR count). The van der Waals surface area contributed by atoms with Crippen molar-refractivity contribution in [3.8, 4) is 11.1 Å². The molecule has 0 aliphatic rings. The van der Waals surface area contributed by atoms with Gasteiger partial charge in [-0.15, -0.1) is 0 Å². The summed E-state index contributed by atoms with van der Waals surface area (Å²) < 4.78 is 18.1. The topological polar surface area (TPSA) is 65.6 Å².